The number of hydroxylamine groups is 1. The number of rotatable bonds is 20. The van der Waals surface area contributed by atoms with E-state index in [0.29, 0.717) is 74.8 Å². The van der Waals surface area contributed by atoms with Gasteiger partial charge in [0, 0.05) is 38.0 Å². The van der Waals surface area contributed by atoms with Gasteiger partial charge in [-0.3, -0.25) is 29.4 Å². The second-order valence-corrected chi connectivity index (χ2v) is 30.5. The second-order valence-electron chi connectivity index (χ2n) is 29.4. The van der Waals surface area contributed by atoms with Crippen LogP contribution in [0.25, 0.3) is 33.5 Å². The number of nitrogen functional groups attached to an aromatic ring is 2. The molecule has 0 aliphatic carbocycles. The molecular weight excluding hydrogens is 1780 g/mol. The van der Waals surface area contributed by atoms with Gasteiger partial charge in [-0.05, 0) is 44.6 Å². The molecule has 6 saturated heterocycles. The molecule has 15 rings (SSSR count). The van der Waals surface area contributed by atoms with Crippen molar-refractivity contribution in [1.29, 1.82) is 0 Å². The number of aryl methyl sites for hydroxylation is 1. The average Bonchev–Trinajstić information content (AvgIpc) is 1.61. The molecule has 15 heterocycles. The summed E-state index contributed by atoms with van der Waals surface area (Å²) in [5, 5.41) is 128. The molecule has 6 aromatic heterocycles. The molecule has 6 fully saturated rings. The molecule has 21 N–H and O–H groups in total. The Morgan fingerprint density at radius 1 is 0.540 bits per heavy atom. The SMILES string of the molecule is C=C1N=C(N)C(F)=CN1[C@@H]1O[C@@](CO)(CCl)[C@@H](O)[C@H]1F.C=C1N=C(NO)C=CN1[C@@H]1O[C@@](CO)(CCl)[C@@H](O)[C@H]1F.C=C1NC(=NC)C=CN1[C@@H]1O[C@@](CO)(CCl)[C@@H](O)[C@H]1F.C=C[C@]1(CO)O[C@@H](n2cnc3c(OCC)nc(C)nc32)[C@H](F)[C@@H]1O.CC[C@]1(CO)O[C@@H](n2cnc3c(N)ccnc32)[C@H](F)[C@@H]1O.Nc1ccnc2c1ncn2[C@@H]1O[C@@](CO)(CCl)[C@@H](O)[C@H]1F. The first kappa shape index (κ1) is 99.3. The van der Waals surface area contributed by atoms with Crippen LogP contribution in [0.4, 0.5) is 42.1 Å². The van der Waals surface area contributed by atoms with E-state index in [2.05, 4.69) is 81.5 Å². The van der Waals surface area contributed by atoms with Crippen molar-refractivity contribution in [3.8, 4) is 5.88 Å². The van der Waals surface area contributed by atoms with E-state index in [1.165, 1.54) is 73.2 Å². The van der Waals surface area contributed by atoms with Crippen LogP contribution in [0.1, 0.15) is 44.8 Å². The van der Waals surface area contributed by atoms with Gasteiger partial charge in [-0.1, -0.05) is 32.7 Å². The lowest BCUT2D eigenvalue weighted by Gasteiger charge is -2.34. The van der Waals surface area contributed by atoms with E-state index in [1.54, 1.807) is 45.3 Å². The molecule has 0 unspecified atom stereocenters. The zero-order valence-corrected chi connectivity index (χ0v) is 70.5. The number of aliphatic hydroxyl groups excluding tert-OH is 12. The fourth-order valence-electron chi connectivity index (χ4n) is 14.2. The van der Waals surface area contributed by atoms with Crippen molar-refractivity contribution >= 4 is 109 Å². The summed E-state index contributed by atoms with van der Waals surface area (Å²) < 4.78 is 142. The van der Waals surface area contributed by atoms with Gasteiger partial charge in [-0.2, -0.15) is 4.98 Å². The van der Waals surface area contributed by atoms with Crippen molar-refractivity contribution in [2.75, 3.05) is 88.3 Å². The summed E-state index contributed by atoms with van der Waals surface area (Å²) in [5.41, 5.74) is 12.6. The third kappa shape index (κ3) is 18.4. The number of anilines is 2. The number of nitrogens with zero attached hydrogens (tertiary/aromatic N) is 16. The standard InChI is InChI=1S/C15H19FN4O4.C13H17FN4O3.C12H14ClFN4O3.C12H17ClFN3O3.C11H14ClF2N3O3.C11H15ClFN3O4/c1-4-15(6-21)11(22)9(16)14(24-15)20-7-17-10-12(20)18-8(3)19-13(10)23-5-2;1-2-13(5-19)10(20)8(14)12(21-13)18-6-17-9-7(15)3-4-16-11(9)18;13-3-12(4-19)9(20)7(14)11(21-12)18-5-17-8-6(15)1-2-16-10(8)18;1-7-16-8(15-2)3-4-17(7)11-9(14)10(19)12(5-13,6-18)20-11;1-5-16-9(15)6(13)2-17(5)10-7(14)8(19)11(3-12,4-18)20-10;1-6-14-7(15-19)2-3-16(6)10-8(13)9(18)11(4-12,5-17)20-10/h4,7,9,11,14,21-22H,1,5-6H2,2-3H3;3-4,6,8,10,12,19-20H,2,5H2,1H3,(H2,15,16);1-2,5,7,9,11,19-20H,3-4H2,(H2,15,16);3-4,9-11,18-19H,1,5-6H2,2H3,(H,15,16);2,7-8,10,18-19H,1,3-4H2,(H2,15,16);2-3,8-10,17-19H,1,4-5H2,(H,14,15)/t9-,11+,14-,15-;8-,10+,12-,13-;7-,9+,11-,12-;9-,10+,11-,12-;7-,8+,10-,11-;8-,9+,10-,11-/m111111/s1. The molecule has 0 saturated carbocycles. The van der Waals surface area contributed by atoms with Gasteiger partial charge < -0.3 is 132 Å². The van der Waals surface area contributed by atoms with Gasteiger partial charge in [0.1, 0.15) is 110 Å². The molecule has 9 aliphatic heterocycles. The summed E-state index contributed by atoms with van der Waals surface area (Å²) in [6, 6.07) is 3.18. The predicted octanol–water partition coefficient (Wildman–Crippen LogP) is 0.858. The highest BCUT2D eigenvalue weighted by Crippen LogP contribution is 2.47. The monoisotopic (exact) mass is 1870 g/mol. The van der Waals surface area contributed by atoms with Gasteiger partial charge in [0.15, 0.2) is 114 Å². The number of hydrogen-bond acceptors (Lipinski definition) is 37. The van der Waals surface area contributed by atoms with E-state index in [4.69, 9.17) is 102 Å². The number of aliphatic hydroxyl groups is 12. The number of imidazole rings is 3. The van der Waals surface area contributed by atoms with Crippen LogP contribution >= 0.6 is 46.4 Å². The molecule has 9 aliphatic rings. The van der Waals surface area contributed by atoms with Crippen LogP contribution in [0, 0.1) is 6.92 Å². The molecule has 126 heavy (non-hydrogen) atoms. The van der Waals surface area contributed by atoms with E-state index in [9.17, 15) is 92.0 Å². The van der Waals surface area contributed by atoms with Crippen LogP contribution < -0.4 is 32.7 Å². The first-order valence-corrected chi connectivity index (χ1v) is 40.3. The van der Waals surface area contributed by atoms with Crippen LogP contribution in [0.3, 0.4) is 0 Å². The highest BCUT2D eigenvalue weighted by Gasteiger charge is 2.62. The Bertz CT molecular complexity index is 4910. The van der Waals surface area contributed by atoms with Gasteiger partial charge in [0.2, 0.25) is 5.88 Å². The Kier molecular flexibility index (Phi) is 32.2. The number of ether oxygens (including phenoxy) is 7. The highest BCUT2D eigenvalue weighted by atomic mass is 35.5. The first-order valence-electron chi connectivity index (χ1n) is 38.1. The van der Waals surface area contributed by atoms with Gasteiger partial charge in [0.05, 0.1) is 100 Å². The average molecular weight is 1870 g/mol. The molecule has 0 spiro atoms. The molecule has 0 bridgehead atoms. The molecule has 6 aromatic rings. The number of pyridine rings is 2. The van der Waals surface area contributed by atoms with E-state index < -0.39 is 190 Å². The number of fused-ring (bicyclic) bond motifs is 3. The number of nitrogens with one attached hydrogen (secondary N) is 2. The summed E-state index contributed by atoms with van der Waals surface area (Å²) in [6.45, 7) is 16.4. The number of nitrogens with two attached hydrogens (primary N) is 3. The minimum Gasteiger partial charge on any atom is -0.476 e. The van der Waals surface area contributed by atoms with Gasteiger partial charge in [-0.25, -0.2) is 70.6 Å². The Balaban J connectivity index is 0.000000158. The fourth-order valence-corrected chi connectivity index (χ4v) is 15.5. The van der Waals surface area contributed by atoms with Crippen molar-refractivity contribution in [2.24, 2.45) is 20.7 Å². The second kappa shape index (κ2) is 40.8. The van der Waals surface area contributed by atoms with Crippen molar-refractivity contribution < 1.29 is 130 Å². The minimum atomic E-state index is -1.93. The number of aromatic nitrogens is 10. The van der Waals surface area contributed by atoms with Gasteiger partial charge >= 0.3 is 0 Å². The largest absolute Gasteiger partial charge is 0.476 e. The Hall–Kier alpha value is -8.91. The third-order valence-corrected chi connectivity index (χ3v) is 23.7. The zero-order valence-electron chi connectivity index (χ0n) is 67.4. The minimum absolute atomic E-state index is 0.0490. The molecule has 0 amide bonds. The summed E-state index contributed by atoms with van der Waals surface area (Å²) in [5.74, 6) is -0.486. The Labute approximate surface area is 732 Å². The quantitative estimate of drug-likeness (QED) is 0.0218. The molecular formula is C74H96Cl4F7N21O20. The number of amidine groups is 3. The summed E-state index contributed by atoms with van der Waals surface area (Å²) >= 11 is 22.7. The van der Waals surface area contributed by atoms with Crippen LogP contribution in [-0.4, -0.2) is 350 Å². The third-order valence-electron chi connectivity index (χ3n) is 21.9. The lowest BCUT2D eigenvalue weighted by molar-refractivity contribution is -0.128. The molecule has 694 valence electrons. The maximum absolute atomic E-state index is 14.6. The fraction of sp³-hybridized carbons (Fsp3) is 0.541. The number of halogens is 11. The number of aliphatic imine (C=N–C) groups is 3. The van der Waals surface area contributed by atoms with E-state index in [-0.39, 0.29) is 53.3 Å². The maximum atomic E-state index is 14.6. The maximum Gasteiger partial charge on any atom is 0.245 e. The lowest BCUT2D eigenvalue weighted by Crippen LogP contribution is -2.47. The van der Waals surface area contributed by atoms with Crippen molar-refractivity contribution in [2.45, 2.75) is 172 Å². The van der Waals surface area contributed by atoms with E-state index >= 15 is 0 Å². The molecule has 24 atom stereocenters. The predicted molar refractivity (Wildman–Crippen MR) is 439 cm³/mol. The van der Waals surface area contributed by atoms with Crippen LogP contribution in [0.2, 0.25) is 0 Å². The zero-order chi connectivity index (χ0) is 92.8. The van der Waals surface area contributed by atoms with Crippen LogP contribution in [0.5, 0.6) is 5.88 Å². The Morgan fingerprint density at radius 3 is 1.33 bits per heavy atom. The number of alkyl halides is 10. The summed E-state index contributed by atoms with van der Waals surface area (Å²) in [7, 11) is 1.60. The highest BCUT2D eigenvalue weighted by molar-refractivity contribution is 6.19. The molecule has 41 nitrogen and oxygen atoms in total. The summed E-state index contributed by atoms with van der Waals surface area (Å²) in [6.07, 6.45) is -12.0. The molecule has 52 heteroatoms. The van der Waals surface area contributed by atoms with Crippen molar-refractivity contribution in [3.05, 3.63) is 136 Å². The van der Waals surface area contributed by atoms with E-state index in [0.717, 1.165) is 11.1 Å². The lowest BCUT2D eigenvalue weighted by atomic mass is 9.94. The van der Waals surface area contributed by atoms with Gasteiger partial charge in [0.25, 0.3) is 0 Å². The molecule has 0 aromatic carbocycles. The Morgan fingerprint density at radius 2 is 0.937 bits per heavy atom. The van der Waals surface area contributed by atoms with Crippen molar-refractivity contribution in [3.63, 3.8) is 0 Å². The van der Waals surface area contributed by atoms with Crippen LogP contribution in [0.15, 0.2) is 145 Å². The van der Waals surface area contributed by atoms with Gasteiger partial charge in [-0.15, -0.1) is 53.0 Å². The topological polar surface area (TPSA) is 582 Å². The summed E-state index contributed by atoms with van der Waals surface area (Å²) in [4.78, 5) is 44.1. The number of hydrogen-bond donors (Lipinski definition) is 18. The smallest absolute Gasteiger partial charge is 0.245 e. The van der Waals surface area contributed by atoms with Crippen LogP contribution in [-0.2, 0) is 28.4 Å². The first-order chi connectivity index (χ1) is 59.9. The van der Waals surface area contributed by atoms with Crippen molar-refractivity contribution in [1.82, 2.24) is 74.1 Å². The van der Waals surface area contributed by atoms with E-state index in [1.807, 2.05) is 12.4 Å². The molecule has 0 radical (unpaired) electrons. The normalized spacial score (nSPS) is 34.9.